The SMILES string of the molecule is CCOCCOc1cc(OCC)cc(Br)c1Br. The van der Waals surface area contributed by atoms with Gasteiger partial charge in [-0.3, -0.25) is 0 Å². The Morgan fingerprint density at radius 3 is 2.41 bits per heavy atom. The highest BCUT2D eigenvalue weighted by Gasteiger charge is 2.08. The van der Waals surface area contributed by atoms with E-state index in [1.54, 1.807) is 0 Å². The van der Waals surface area contributed by atoms with Crippen LogP contribution in [0.2, 0.25) is 0 Å². The lowest BCUT2D eigenvalue weighted by Gasteiger charge is -2.12. The predicted molar refractivity (Wildman–Crippen MR) is 75.0 cm³/mol. The second-order valence-corrected chi connectivity index (χ2v) is 4.84. The highest BCUT2D eigenvalue weighted by Crippen LogP contribution is 2.36. The number of hydrogen-bond donors (Lipinski definition) is 0. The smallest absolute Gasteiger partial charge is 0.138 e. The Morgan fingerprint density at radius 2 is 1.76 bits per heavy atom. The molecular formula is C12H16Br2O3. The van der Waals surface area contributed by atoms with Crippen molar-refractivity contribution in [2.45, 2.75) is 13.8 Å². The summed E-state index contributed by atoms with van der Waals surface area (Å²) in [6.07, 6.45) is 0. The Labute approximate surface area is 119 Å². The van der Waals surface area contributed by atoms with Crippen molar-refractivity contribution in [1.82, 2.24) is 0 Å². The van der Waals surface area contributed by atoms with Crippen LogP contribution in [-0.4, -0.2) is 26.4 Å². The normalized spacial score (nSPS) is 10.4. The van der Waals surface area contributed by atoms with E-state index in [1.165, 1.54) is 0 Å². The lowest BCUT2D eigenvalue weighted by atomic mass is 10.3. The summed E-state index contributed by atoms with van der Waals surface area (Å²) in [7, 11) is 0. The maximum Gasteiger partial charge on any atom is 0.138 e. The molecule has 0 aliphatic carbocycles. The molecule has 0 aliphatic rings. The van der Waals surface area contributed by atoms with Gasteiger partial charge in [-0.15, -0.1) is 0 Å². The van der Waals surface area contributed by atoms with Gasteiger partial charge in [-0.1, -0.05) is 0 Å². The number of rotatable bonds is 7. The molecule has 0 unspecified atom stereocenters. The lowest BCUT2D eigenvalue weighted by Crippen LogP contribution is -2.07. The Balaban J connectivity index is 2.68. The van der Waals surface area contributed by atoms with E-state index >= 15 is 0 Å². The van der Waals surface area contributed by atoms with E-state index in [4.69, 9.17) is 14.2 Å². The molecule has 0 saturated carbocycles. The van der Waals surface area contributed by atoms with Gasteiger partial charge in [-0.05, 0) is 51.8 Å². The van der Waals surface area contributed by atoms with Crippen molar-refractivity contribution in [2.24, 2.45) is 0 Å². The van der Waals surface area contributed by atoms with Crippen LogP contribution in [0.3, 0.4) is 0 Å². The summed E-state index contributed by atoms with van der Waals surface area (Å²) in [5.41, 5.74) is 0. The van der Waals surface area contributed by atoms with E-state index in [2.05, 4.69) is 31.9 Å². The topological polar surface area (TPSA) is 27.7 Å². The quantitative estimate of drug-likeness (QED) is 0.681. The van der Waals surface area contributed by atoms with E-state index in [9.17, 15) is 0 Å². The fourth-order valence-electron chi connectivity index (χ4n) is 1.25. The van der Waals surface area contributed by atoms with Gasteiger partial charge in [0.1, 0.15) is 18.1 Å². The van der Waals surface area contributed by atoms with Crippen molar-refractivity contribution in [3.63, 3.8) is 0 Å². The van der Waals surface area contributed by atoms with Gasteiger partial charge in [0.05, 0.1) is 17.7 Å². The molecule has 3 nitrogen and oxygen atoms in total. The second-order valence-electron chi connectivity index (χ2n) is 3.20. The third-order valence-electron chi connectivity index (χ3n) is 1.97. The van der Waals surface area contributed by atoms with E-state index in [0.717, 1.165) is 20.4 Å². The molecule has 0 fully saturated rings. The zero-order valence-electron chi connectivity index (χ0n) is 9.96. The highest BCUT2D eigenvalue weighted by atomic mass is 79.9. The average molecular weight is 368 g/mol. The first-order chi connectivity index (χ1) is 8.19. The number of hydrogen-bond acceptors (Lipinski definition) is 3. The van der Waals surface area contributed by atoms with Crippen LogP contribution in [0.15, 0.2) is 21.1 Å². The van der Waals surface area contributed by atoms with Gasteiger partial charge >= 0.3 is 0 Å². The van der Waals surface area contributed by atoms with Crippen LogP contribution in [0, 0.1) is 0 Å². The molecule has 0 aliphatic heterocycles. The minimum absolute atomic E-state index is 0.522. The predicted octanol–water partition coefficient (Wildman–Crippen LogP) is 4.03. The van der Waals surface area contributed by atoms with Gasteiger partial charge < -0.3 is 14.2 Å². The molecule has 0 atom stereocenters. The Morgan fingerprint density at radius 1 is 1.00 bits per heavy atom. The maximum atomic E-state index is 5.62. The molecule has 17 heavy (non-hydrogen) atoms. The van der Waals surface area contributed by atoms with Crippen molar-refractivity contribution in [3.05, 3.63) is 21.1 Å². The summed E-state index contributed by atoms with van der Waals surface area (Å²) in [5, 5.41) is 0. The first-order valence-corrected chi connectivity index (χ1v) is 7.10. The fourth-order valence-corrected chi connectivity index (χ4v) is 2.01. The fraction of sp³-hybridized carbons (Fsp3) is 0.500. The molecule has 0 bridgehead atoms. The number of benzene rings is 1. The summed E-state index contributed by atoms with van der Waals surface area (Å²) >= 11 is 6.92. The average Bonchev–Trinajstić information content (AvgIpc) is 2.31. The van der Waals surface area contributed by atoms with Gasteiger partial charge in [0.2, 0.25) is 0 Å². The number of ether oxygens (including phenoxy) is 3. The first-order valence-electron chi connectivity index (χ1n) is 5.51. The molecule has 5 heteroatoms. The van der Waals surface area contributed by atoms with Gasteiger partial charge in [-0.2, -0.15) is 0 Å². The monoisotopic (exact) mass is 366 g/mol. The van der Waals surface area contributed by atoms with Crippen LogP contribution in [0.1, 0.15) is 13.8 Å². The Bertz CT molecular complexity index is 356. The summed E-state index contributed by atoms with van der Waals surface area (Å²) in [5.74, 6) is 1.54. The third-order valence-corrected chi connectivity index (χ3v) is 3.94. The Kier molecular flexibility index (Phi) is 6.92. The molecule has 1 rings (SSSR count). The largest absolute Gasteiger partial charge is 0.494 e. The molecule has 0 N–H and O–H groups in total. The van der Waals surface area contributed by atoms with Crippen molar-refractivity contribution < 1.29 is 14.2 Å². The maximum absolute atomic E-state index is 5.62. The Hall–Kier alpha value is -0.260. The van der Waals surface area contributed by atoms with Gasteiger partial charge in [0.25, 0.3) is 0 Å². The van der Waals surface area contributed by atoms with Crippen molar-refractivity contribution >= 4 is 31.9 Å². The summed E-state index contributed by atoms with van der Waals surface area (Å²) < 4.78 is 18.1. The molecular weight excluding hydrogens is 352 g/mol. The third kappa shape index (κ3) is 4.85. The second kappa shape index (κ2) is 7.95. The number of halogens is 2. The van der Waals surface area contributed by atoms with E-state index < -0.39 is 0 Å². The van der Waals surface area contributed by atoms with Crippen LogP contribution >= 0.6 is 31.9 Å². The van der Waals surface area contributed by atoms with Crippen molar-refractivity contribution in [2.75, 3.05) is 26.4 Å². The van der Waals surface area contributed by atoms with Crippen LogP contribution < -0.4 is 9.47 Å². The minimum atomic E-state index is 0.522. The standard InChI is InChI=1S/C12H16Br2O3/c1-3-15-5-6-17-11-8-9(16-4-2)7-10(13)12(11)14/h7-8H,3-6H2,1-2H3. The van der Waals surface area contributed by atoms with Crippen LogP contribution in [0.5, 0.6) is 11.5 Å². The minimum Gasteiger partial charge on any atom is -0.494 e. The first kappa shape index (κ1) is 14.8. The van der Waals surface area contributed by atoms with E-state index in [-0.39, 0.29) is 0 Å². The van der Waals surface area contributed by atoms with E-state index in [0.29, 0.717) is 26.4 Å². The summed E-state index contributed by atoms with van der Waals surface area (Å²) in [6, 6.07) is 3.77. The summed E-state index contributed by atoms with van der Waals surface area (Å²) in [6.45, 7) is 6.35. The highest BCUT2D eigenvalue weighted by molar-refractivity contribution is 9.13. The molecule has 0 spiro atoms. The van der Waals surface area contributed by atoms with E-state index in [1.807, 2.05) is 26.0 Å². The zero-order valence-corrected chi connectivity index (χ0v) is 13.1. The van der Waals surface area contributed by atoms with Crippen LogP contribution in [0.4, 0.5) is 0 Å². The molecule has 1 aromatic carbocycles. The van der Waals surface area contributed by atoms with Crippen molar-refractivity contribution in [3.8, 4) is 11.5 Å². The summed E-state index contributed by atoms with van der Waals surface area (Å²) in [4.78, 5) is 0. The lowest BCUT2D eigenvalue weighted by molar-refractivity contribution is 0.110. The molecule has 0 aromatic heterocycles. The van der Waals surface area contributed by atoms with Gasteiger partial charge in [0, 0.05) is 17.1 Å². The molecule has 0 amide bonds. The zero-order chi connectivity index (χ0) is 12.7. The molecule has 0 heterocycles. The molecule has 96 valence electrons. The van der Waals surface area contributed by atoms with Gasteiger partial charge in [-0.25, -0.2) is 0 Å². The molecule has 0 saturated heterocycles. The molecule has 0 radical (unpaired) electrons. The van der Waals surface area contributed by atoms with Gasteiger partial charge in [0.15, 0.2) is 0 Å². The molecule has 1 aromatic rings. The van der Waals surface area contributed by atoms with Crippen LogP contribution in [-0.2, 0) is 4.74 Å². The van der Waals surface area contributed by atoms with Crippen molar-refractivity contribution in [1.29, 1.82) is 0 Å². The van der Waals surface area contributed by atoms with Crippen LogP contribution in [0.25, 0.3) is 0 Å².